The van der Waals surface area contributed by atoms with Crippen molar-refractivity contribution in [3.8, 4) is 5.75 Å². The second-order valence-electron chi connectivity index (χ2n) is 7.05. The number of hydrogen-bond donors (Lipinski definition) is 0. The van der Waals surface area contributed by atoms with Crippen LogP contribution in [-0.2, 0) is 11.3 Å². The Hall–Kier alpha value is -2.93. The lowest BCUT2D eigenvalue weighted by molar-refractivity contribution is -0.385. The minimum Gasteiger partial charge on any atom is -0.481 e. The molecule has 2 aromatic rings. The molecule has 1 heterocycles. The molecule has 0 radical (unpaired) electrons. The van der Waals surface area contributed by atoms with E-state index in [1.807, 2.05) is 23.1 Å². The van der Waals surface area contributed by atoms with Gasteiger partial charge >= 0.3 is 0 Å². The van der Waals surface area contributed by atoms with Crippen molar-refractivity contribution in [2.45, 2.75) is 26.5 Å². The van der Waals surface area contributed by atoms with Crippen LogP contribution in [0, 0.1) is 17.0 Å². The molecule has 1 atom stereocenters. The lowest BCUT2D eigenvalue weighted by Gasteiger charge is -2.35. The normalized spacial score (nSPS) is 15.9. The van der Waals surface area contributed by atoms with Gasteiger partial charge in [-0.15, -0.1) is 0 Å². The third-order valence-electron chi connectivity index (χ3n) is 4.96. The van der Waals surface area contributed by atoms with Crippen molar-refractivity contribution < 1.29 is 14.5 Å². The van der Waals surface area contributed by atoms with Gasteiger partial charge in [0, 0.05) is 44.4 Å². The van der Waals surface area contributed by atoms with Crippen LogP contribution in [0.2, 0.25) is 0 Å². The minimum atomic E-state index is -0.637. The van der Waals surface area contributed by atoms with Gasteiger partial charge in [0.15, 0.2) is 6.10 Å². The van der Waals surface area contributed by atoms with Gasteiger partial charge < -0.3 is 9.64 Å². The standard InChI is InChI=1S/C21H25N3O4/c1-16-14-19(8-9-20(16)24(26)27)28-17(2)21(25)23-12-10-22(11-13-23)15-18-6-4-3-5-7-18/h3-9,14,17H,10-13,15H2,1-2H3/t17-/m0/s1. The molecule has 28 heavy (non-hydrogen) atoms. The first kappa shape index (κ1) is 19.8. The molecule has 1 amide bonds. The first-order valence-corrected chi connectivity index (χ1v) is 9.41. The molecule has 7 heteroatoms. The summed E-state index contributed by atoms with van der Waals surface area (Å²) in [5.74, 6) is 0.405. The largest absolute Gasteiger partial charge is 0.481 e. The Kier molecular flexibility index (Phi) is 6.26. The summed E-state index contributed by atoms with van der Waals surface area (Å²) < 4.78 is 5.74. The van der Waals surface area contributed by atoms with Gasteiger partial charge in [-0.05, 0) is 31.5 Å². The van der Waals surface area contributed by atoms with Crippen molar-refractivity contribution in [2.24, 2.45) is 0 Å². The van der Waals surface area contributed by atoms with Gasteiger partial charge in [0.25, 0.3) is 11.6 Å². The maximum absolute atomic E-state index is 12.7. The van der Waals surface area contributed by atoms with Crippen LogP contribution in [0.5, 0.6) is 5.75 Å². The molecule has 148 valence electrons. The van der Waals surface area contributed by atoms with E-state index in [9.17, 15) is 14.9 Å². The van der Waals surface area contributed by atoms with Crippen LogP contribution in [-0.4, -0.2) is 52.9 Å². The van der Waals surface area contributed by atoms with Gasteiger partial charge in [0.05, 0.1) is 4.92 Å². The number of benzene rings is 2. The monoisotopic (exact) mass is 383 g/mol. The first-order valence-electron chi connectivity index (χ1n) is 9.41. The molecule has 2 aromatic carbocycles. The molecule has 0 unspecified atom stereocenters. The Balaban J connectivity index is 1.52. The molecule has 1 fully saturated rings. The van der Waals surface area contributed by atoms with Crippen LogP contribution in [0.3, 0.4) is 0 Å². The Morgan fingerprint density at radius 3 is 2.43 bits per heavy atom. The summed E-state index contributed by atoms with van der Waals surface area (Å²) >= 11 is 0. The van der Waals surface area contributed by atoms with Gasteiger partial charge in [0.2, 0.25) is 0 Å². The van der Waals surface area contributed by atoms with Crippen LogP contribution < -0.4 is 4.74 Å². The molecule has 3 rings (SSSR count). The molecule has 7 nitrogen and oxygen atoms in total. The molecule has 0 aliphatic carbocycles. The lowest BCUT2D eigenvalue weighted by Crippen LogP contribution is -2.51. The predicted octanol–water partition coefficient (Wildman–Crippen LogP) is 3.01. The van der Waals surface area contributed by atoms with E-state index >= 15 is 0 Å². The van der Waals surface area contributed by atoms with E-state index in [1.165, 1.54) is 17.7 Å². The summed E-state index contributed by atoms with van der Waals surface area (Å²) in [5, 5.41) is 10.9. The average molecular weight is 383 g/mol. The van der Waals surface area contributed by atoms with E-state index < -0.39 is 11.0 Å². The number of aryl methyl sites for hydroxylation is 1. The molecule has 0 aromatic heterocycles. The third-order valence-corrected chi connectivity index (χ3v) is 4.96. The summed E-state index contributed by atoms with van der Waals surface area (Å²) in [6, 6.07) is 14.8. The van der Waals surface area contributed by atoms with Gasteiger partial charge in [-0.3, -0.25) is 19.8 Å². The van der Waals surface area contributed by atoms with E-state index in [2.05, 4.69) is 17.0 Å². The highest BCUT2D eigenvalue weighted by Crippen LogP contribution is 2.24. The summed E-state index contributed by atoms with van der Waals surface area (Å²) in [7, 11) is 0. The van der Waals surface area contributed by atoms with Crippen LogP contribution in [0.15, 0.2) is 48.5 Å². The van der Waals surface area contributed by atoms with Crippen molar-refractivity contribution in [3.05, 3.63) is 69.8 Å². The number of hydrogen-bond acceptors (Lipinski definition) is 5. The van der Waals surface area contributed by atoms with Crippen LogP contribution in [0.1, 0.15) is 18.1 Å². The van der Waals surface area contributed by atoms with Crippen molar-refractivity contribution >= 4 is 11.6 Å². The highest BCUT2D eigenvalue weighted by molar-refractivity contribution is 5.81. The summed E-state index contributed by atoms with van der Waals surface area (Å²) in [6.45, 7) is 7.24. The second kappa shape index (κ2) is 8.84. The number of rotatable bonds is 6. The maximum Gasteiger partial charge on any atom is 0.272 e. The van der Waals surface area contributed by atoms with Crippen molar-refractivity contribution in [3.63, 3.8) is 0 Å². The fraction of sp³-hybridized carbons (Fsp3) is 0.381. The number of nitro benzene ring substituents is 1. The molecule has 1 saturated heterocycles. The zero-order valence-electron chi connectivity index (χ0n) is 16.2. The molecule has 0 saturated carbocycles. The smallest absolute Gasteiger partial charge is 0.272 e. The molecular weight excluding hydrogens is 358 g/mol. The first-order chi connectivity index (χ1) is 13.4. The highest BCUT2D eigenvalue weighted by Gasteiger charge is 2.26. The van der Waals surface area contributed by atoms with E-state index in [0.29, 0.717) is 24.4 Å². The van der Waals surface area contributed by atoms with Crippen LogP contribution >= 0.6 is 0 Å². The molecular formula is C21H25N3O4. The number of ether oxygens (including phenoxy) is 1. The van der Waals surface area contributed by atoms with Gasteiger partial charge in [-0.25, -0.2) is 0 Å². The van der Waals surface area contributed by atoms with E-state index in [1.54, 1.807) is 19.9 Å². The van der Waals surface area contributed by atoms with Crippen LogP contribution in [0.25, 0.3) is 0 Å². The molecule has 0 spiro atoms. The van der Waals surface area contributed by atoms with Gasteiger partial charge in [-0.2, -0.15) is 0 Å². The number of carbonyl (C=O) groups is 1. The third kappa shape index (κ3) is 4.86. The van der Waals surface area contributed by atoms with Gasteiger partial charge in [-0.1, -0.05) is 30.3 Å². The van der Waals surface area contributed by atoms with Crippen molar-refractivity contribution in [1.29, 1.82) is 0 Å². The Morgan fingerprint density at radius 2 is 1.82 bits per heavy atom. The number of nitro groups is 1. The zero-order chi connectivity index (χ0) is 20.1. The van der Waals surface area contributed by atoms with Gasteiger partial charge in [0.1, 0.15) is 5.75 Å². The number of piperazine rings is 1. The van der Waals surface area contributed by atoms with Crippen molar-refractivity contribution in [2.75, 3.05) is 26.2 Å². The maximum atomic E-state index is 12.7. The molecule has 1 aliphatic rings. The fourth-order valence-electron chi connectivity index (χ4n) is 3.39. The predicted molar refractivity (Wildman–Crippen MR) is 106 cm³/mol. The lowest BCUT2D eigenvalue weighted by atomic mass is 10.2. The van der Waals surface area contributed by atoms with E-state index in [-0.39, 0.29) is 11.6 Å². The quantitative estimate of drug-likeness (QED) is 0.566. The zero-order valence-corrected chi connectivity index (χ0v) is 16.2. The molecule has 1 aliphatic heterocycles. The van der Waals surface area contributed by atoms with Crippen molar-refractivity contribution in [1.82, 2.24) is 9.80 Å². The SMILES string of the molecule is Cc1cc(O[C@@H](C)C(=O)N2CCN(Cc3ccccc3)CC2)ccc1[N+](=O)[O-]. The van der Waals surface area contributed by atoms with E-state index in [0.717, 1.165) is 19.6 Å². The number of amides is 1. The molecule has 0 bridgehead atoms. The average Bonchev–Trinajstić information content (AvgIpc) is 2.68. The number of carbonyl (C=O) groups excluding carboxylic acids is 1. The highest BCUT2D eigenvalue weighted by atomic mass is 16.6. The van der Waals surface area contributed by atoms with Crippen LogP contribution in [0.4, 0.5) is 5.69 Å². The summed E-state index contributed by atoms with van der Waals surface area (Å²) in [6.07, 6.45) is -0.637. The minimum absolute atomic E-state index is 0.0425. The summed E-state index contributed by atoms with van der Waals surface area (Å²) in [4.78, 5) is 27.3. The molecule has 0 N–H and O–H groups in total. The van der Waals surface area contributed by atoms with E-state index in [4.69, 9.17) is 4.74 Å². The Labute approximate surface area is 164 Å². The summed E-state index contributed by atoms with van der Waals surface area (Å²) in [5.41, 5.74) is 1.82. The Morgan fingerprint density at radius 1 is 1.14 bits per heavy atom. The fourth-order valence-corrected chi connectivity index (χ4v) is 3.39. The topological polar surface area (TPSA) is 75.9 Å². The second-order valence-corrected chi connectivity index (χ2v) is 7.05. The Bertz CT molecular complexity index is 833. The number of nitrogens with zero attached hydrogens (tertiary/aromatic N) is 3.